The van der Waals surface area contributed by atoms with Crippen LogP contribution < -0.4 is 5.43 Å². The number of nitrogens with one attached hydrogen (secondary N) is 1. The third-order valence-electron chi connectivity index (χ3n) is 1.94. The average Bonchev–Trinajstić information content (AvgIpc) is 2.25. The Morgan fingerprint density at radius 3 is 2.31 bits per heavy atom. The van der Waals surface area contributed by atoms with Gasteiger partial charge in [0.25, 0.3) is 10.0 Å². The summed E-state index contributed by atoms with van der Waals surface area (Å²) in [5, 5.41) is 1.55. The maximum Gasteiger partial charge on any atom is 0.252 e. The van der Waals surface area contributed by atoms with Crippen LogP contribution in [0, 0.1) is 0 Å². The smallest absolute Gasteiger partial charge is 0.252 e. The Hall–Kier alpha value is -1.40. The second-order valence-electron chi connectivity index (χ2n) is 3.30. The summed E-state index contributed by atoms with van der Waals surface area (Å²) in [5.41, 5.74) is 3.56. The summed E-state index contributed by atoms with van der Waals surface area (Å²) in [6.45, 7) is 0. The molecule has 0 spiro atoms. The van der Waals surface area contributed by atoms with E-state index in [1.165, 1.54) is 0 Å². The molecule has 0 heterocycles. The van der Waals surface area contributed by atoms with Crippen molar-refractivity contribution in [3.8, 4) is 0 Å². The van der Waals surface area contributed by atoms with Crippen LogP contribution >= 0.6 is 0 Å². The highest BCUT2D eigenvalue weighted by Gasteiger charge is 2.10. The van der Waals surface area contributed by atoms with E-state index in [2.05, 4.69) is 9.82 Å². The third-order valence-corrected chi connectivity index (χ3v) is 2.44. The predicted molar refractivity (Wildman–Crippen MR) is 64.6 cm³/mol. The molecule has 0 atom stereocenters. The molecule has 1 aromatic rings. The van der Waals surface area contributed by atoms with Gasteiger partial charge in [0.05, 0.1) is 6.26 Å². The summed E-state index contributed by atoms with van der Waals surface area (Å²) in [7, 11) is -0.0198. The molecule has 0 bridgehead atoms. The number of hydrogen-bond donors (Lipinski definition) is 1. The fraction of sp³-hybridized carbons (Fsp3) is 0.300. The molecule has 0 saturated carbocycles. The topological polar surface area (TPSA) is 61.8 Å². The lowest BCUT2D eigenvalue weighted by atomic mass is 10.2. The molecule has 1 N–H and O–H groups in total. The standard InChI is InChI=1S/C10H15N3O2S/c1-11-13(2)10(12-16(3,14)15)9-7-5-4-6-8-9/h4-8,11H,1-3H3/b12-10+. The van der Waals surface area contributed by atoms with E-state index in [-0.39, 0.29) is 0 Å². The number of amidine groups is 1. The largest absolute Gasteiger partial charge is 0.294 e. The minimum atomic E-state index is -3.42. The third kappa shape index (κ3) is 3.63. The highest BCUT2D eigenvalue weighted by atomic mass is 32.2. The van der Waals surface area contributed by atoms with Gasteiger partial charge < -0.3 is 0 Å². The van der Waals surface area contributed by atoms with Crippen molar-refractivity contribution in [2.75, 3.05) is 20.4 Å². The Morgan fingerprint density at radius 1 is 1.31 bits per heavy atom. The van der Waals surface area contributed by atoms with E-state index in [1.54, 1.807) is 31.2 Å². The summed E-state index contributed by atoms with van der Waals surface area (Å²) in [6, 6.07) is 9.13. The van der Waals surface area contributed by atoms with E-state index in [0.29, 0.717) is 5.84 Å². The van der Waals surface area contributed by atoms with Crippen LogP contribution in [0.1, 0.15) is 5.56 Å². The van der Waals surface area contributed by atoms with Gasteiger partial charge in [0.15, 0.2) is 5.84 Å². The van der Waals surface area contributed by atoms with Gasteiger partial charge in [0, 0.05) is 19.7 Å². The maximum atomic E-state index is 11.2. The molecule has 6 heteroatoms. The molecule has 16 heavy (non-hydrogen) atoms. The molecule has 88 valence electrons. The lowest BCUT2D eigenvalue weighted by Crippen LogP contribution is -2.37. The molecule has 5 nitrogen and oxygen atoms in total. The van der Waals surface area contributed by atoms with E-state index in [9.17, 15) is 8.42 Å². The molecule has 0 saturated heterocycles. The second kappa shape index (κ2) is 5.09. The molecular weight excluding hydrogens is 226 g/mol. The zero-order chi connectivity index (χ0) is 12.2. The number of hydrogen-bond acceptors (Lipinski definition) is 3. The lowest BCUT2D eigenvalue weighted by Gasteiger charge is -2.19. The van der Waals surface area contributed by atoms with Gasteiger partial charge in [0.2, 0.25) is 0 Å². The Bertz CT molecular complexity index is 468. The SMILES string of the molecule is CNN(C)/C(=N/S(C)(=O)=O)c1ccccc1. The molecule has 0 aliphatic heterocycles. The summed E-state index contributed by atoms with van der Waals surface area (Å²) in [4.78, 5) is 0. The molecule has 0 fully saturated rings. The Morgan fingerprint density at radius 2 is 1.88 bits per heavy atom. The van der Waals surface area contributed by atoms with Crippen molar-refractivity contribution in [2.24, 2.45) is 4.40 Å². The van der Waals surface area contributed by atoms with E-state index >= 15 is 0 Å². The van der Waals surface area contributed by atoms with Crippen LogP contribution in [0.15, 0.2) is 34.7 Å². The van der Waals surface area contributed by atoms with Crippen LogP contribution in [0.5, 0.6) is 0 Å². The van der Waals surface area contributed by atoms with Crippen molar-refractivity contribution >= 4 is 15.9 Å². The Kier molecular flexibility index (Phi) is 4.03. The van der Waals surface area contributed by atoms with Gasteiger partial charge in [0.1, 0.15) is 0 Å². The zero-order valence-corrected chi connectivity index (χ0v) is 10.3. The Labute approximate surface area is 95.8 Å². The highest BCUT2D eigenvalue weighted by molar-refractivity contribution is 7.89. The first-order chi connectivity index (χ1) is 7.44. The van der Waals surface area contributed by atoms with Crippen molar-refractivity contribution in [1.29, 1.82) is 0 Å². The van der Waals surface area contributed by atoms with Crippen molar-refractivity contribution < 1.29 is 8.42 Å². The summed E-state index contributed by atoms with van der Waals surface area (Å²) >= 11 is 0. The van der Waals surface area contributed by atoms with Crippen LogP contribution in [-0.4, -0.2) is 39.6 Å². The minimum absolute atomic E-state index is 0.366. The monoisotopic (exact) mass is 241 g/mol. The van der Waals surface area contributed by atoms with Crippen LogP contribution in [0.25, 0.3) is 0 Å². The van der Waals surface area contributed by atoms with E-state index in [1.807, 2.05) is 18.2 Å². The van der Waals surface area contributed by atoms with Gasteiger partial charge >= 0.3 is 0 Å². The molecule has 1 aromatic carbocycles. The number of sulfonamides is 1. The normalized spacial score (nSPS) is 12.6. The fourth-order valence-electron chi connectivity index (χ4n) is 1.16. The summed E-state index contributed by atoms with van der Waals surface area (Å²) in [5.74, 6) is 0.366. The van der Waals surface area contributed by atoms with E-state index in [4.69, 9.17) is 0 Å². The summed E-state index contributed by atoms with van der Waals surface area (Å²) in [6.07, 6.45) is 1.07. The van der Waals surface area contributed by atoms with Gasteiger partial charge in [-0.1, -0.05) is 30.3 Å². The molecule has 0 aliphatic rings. The van der Waals surface area contributed by atoms with Gasteiger partial charge in [-0.15, -0.1) is 4.40 Å². The zero-order valence-electron chi connectivity index (χ0n) is 9.51. The van der Waals surface area contributed by atoms with Gasteiger partial charge in [-0.25, -0.2) is 13.8 Å². The average molecular weight is 241 g/mol. The first-order valence-electron chi connectivity index (χ1n) is 4.70. The molecule has 0 unspecified atom stereocenters. The molecule has 1 rings (SSSR count). The molecule has 0 amide bonds. The van der Waals surface area contributed by atoms with Gasteiger partial charge in [-0.2, -0.15) is 0 Å². The predicted octanol–water partition coefficient (Wildman–Crippen LogP) is 0.459. The van der Waals surface area contributed by atoms with E-state index < -0.39 is 10.0 Å². The van der Waals surface area contributed by atoms with Crippen molar-refractivity contribution in [3.63, 3.8) is 0 Å². The van der Waals surface area contributed by atoms with Crippen LogP contribution in [-0.2, 0) is 10.0 Å². The highest BCUT2D eigenvalue weighted by Crippen LogP contribution is 2.05. The fourth-order valence-corrected chi connectivity index (χ4v) is 1.70. The minimum Gasteiger partial charge on any atom is -0.294 e. The van der Waals surface area contributed by atoms with Crippen molar-refractivity contribution in [3.05, 3.63) is 35.9 Å². The van der Waals surface area contributed by atoms with Crippen LogP contribution in [0.3, 0.4) is 0 Å². The first kappa shape index (κ1) is 12.7. The summed E-state index contributed by atoms with van der Waals surface area (Å²) < 4.78 is 26.1. The second-order valence-corrected chi connectivity index (χ2v) is 4.95. The maximum absolute atomic E-state index is 11.2. The molecule has 0 aliphatic carbocycles. The molecule has 0 radical (unpaired) electrons. The number of rotatable bonds is 3. The lowest BCUT2D eigenvalue weighted by molar-refractivity contribution is 0.410. The Balaban J connectivity index is 3.23. The van der Waals surface area contributed by atoms with Crippen LogP contribution in [0.2, 0.25) is 0 Å². The number of nitrogens with zero attached hydrogens (tertiary/aromatic N) is 2. The molecular formula is C10H15N3O2S. The quantitative estimate of drug-likeness (QED) is 0.474. The van der Waals surface area contributed by atoms with E-state index in [0.717, 1.165) is 11.8 Å². The van der Waals surface area contributed by atoms with Crippen LogP contribution in [0.4, 0.5) is 0 Å². The molecule has 0 aromatic heterocycles. The van der Waals surface area contributed by atoms with Gasteiger partial charge in [-0.3, -0.25) is 5.01 Å². The van der Waals surface area contributed by atoms with Gasteiger partial charge in [-0.05, 0) is 0 Å². The first-order valence-corrected chi connectivity index (χ1v) is 6.55. The van der Waals surface area contributed by atoms with Crippen molar-refractivity contribution in [2.45, 2.75) is 0 Å². The number of hydrazine groups is 1. The van der Waals surface area contributed by atoms with Crippen molar-refractivity contribution in [1.82, 2.24) is 10.4 Å². The number of benzene rings is 1.